The van der Waals surface area contributed by atoms with Crippen LogP contribution in [0.4, 0.5) is 0 Å². The molecule has 1 aromatic carbocycles. The number of aromatic nitrogens is 2. The molecule has 1 N–H and O–H groups in total. The van der Waals surface area contributed by atoms with Gasteiger partial charge in [0.25, 0.3) is 0 Å². The van der Waals surface area contributed by atoms with Gasteiger partial charge >= 0.3 is 0 Å². The zero-order chi connectivity index (χ0) is 17.6. The highest BCUT2D eigenvalue weighted by Gasteiger charge is 2.13. The van der Waals surface area contributed by atoms with Crippen molar-refractivity contribution in [1.82, 2.24) is 15.4 Å². The average molecular weight is 352 g/mol. The Hall–Kier alpha value is -2.93. The second kappa shape index (κ2) is 7.76. The first kappa shape index (κ1) is 16.9. The maximum atomic E-state index is 12.1. The molecular weight excluding hydrogens is 336 g/mol. The van der Waals surface area contributed by atoms with Crippen molar-refractivity contribution in [2.75, 3.05) is 0 Å². The standard InChI is InChI=1S/C18H16N4O2S/c1-12-18(20-9-8-19-12)15(23)6-7-17(24)22-21-10-13-11-25-16-5-3-2-4-14(13)16/h2-5,8-11H,6-7H2,1H3,(H,22,24)/b21-10+. The van der Waals surface area contributed by atoms with Crippen molar-refractivity contribution in [3.63, 3.8) is 0 Å². The summed E-state index contributed by atoms with van der Waals surface area (Å²) < 4.78 is 1.17. The topological polar surface area (TPSA) is 84.3 Å². The molecule has 7 heteroatoms. The monoisotopic (exact) mass is 352 g/mol. The number of hydrogen-bond acceptors (Lipinski definition) is 6. The van der Waals surface area contributed by atoms with E-state index in [9.17, 15) is 9.59 Å². The lowest BCUT2D eigenvalue weighted by atomic mass is 10.1. The van der Waals surface area contributed by atoms with Crippen LogP contribution in [0, 0.1) is 6.92 Å². The summed E-state index contributed by atoms with van der Waals surface area (Å²) in [5.41, 5.74) is 4.28. The van der Waals surface area contributed by atoms with Crippen molar-refractivity contribution in [1.29, 1.82) is 0 Å². The number of nitrogens with zero attached hydrogens (tertiary/aromatic N) is 3. The van der Waals surface area contributed by atoms with Crippen LogP contribution in [0.15, 0.2) is 47.1 Å². The van der Waals surface area contributed by atoms with E-state index in [-0.39, 0.29) is 24.5 Å². The van der Waals surface area contributed by atoms with Crippen LogP contribution in [0.3, 0.4) is 0 Å². The van der Waals surface area contributed by atoms with Crippen LogP contribution in [-0.4, -0.2) is 27.9 Å². The van der Waals surface area contributed by atoms with Crippen molar-refractivity contribution in [3.8, 4) is 0 Å². The number of hydrogen-bond donors (Lipinski definition) is 1. The van der Waals surface area contributed by atoms with Crippen molar-refractivity contribution in [3.05, 3.63) is 59.0 Å². The van der Waals surface area contributed by atoms with Crippen LogP contribution in [0.5, 0.6) is 0 Å². The maximum absolute atomic E-state index is 12.1. The van der Waals surface area contributed by atoms with Gasteiger partial charge in [-0.3, -0.25) is 14.6 Å². The van der Waals surface area contributed by atoms with Gasteiger partial charge in [-0.15, -0.1) is 11.3 Å². The van der Waals surface area contributed by atoms with Gasteiger partial charge in [-0.2, -0.15) is 5.10 Å². The summed E-state index contributed by atoms with van der Waals surface area (Å²) in [5, 5.41) is 7.06. The summed E-state index contributed by atoms with van der Waals surface area (Å²) in [7, 11) is 0. The zero-order valence-electron chi connectivity index (χ0n) is 13.6. The fraction of sp³-hybridized carbons (Fsp3) is 0.167. The van der Waals surface area contributed by atoms with Crippen molar-refractivity contribution in [2.24, 2.45) is 5.10 Å². The van der Waals surface area contributed by atoms with E-state index in [4.69, 9.17) is 0 Å². The Morgan fingerprint density at radius 3 is 2.84 bits per heavy atom. The lowest BCUT2D eigenvalue weighted by Gasteiger charge is -2.02. The van der Waals surface area contributed by atoms with E-state index in [0.717, 1.165) is 10.9 Å². The lowest BCUT2D eigenvalue weighted by molar-refractivity contribution is -0.121. The SMILES string of the molecule is Cc1nccnc1C(=O)CCC(=O)N/N=C/c1csc2ccccc12. The number of nitrogens with one attached hydrogen (secondary N) is 1. The molecule has 0 bridgehead atoms. The smallest absolute Gasteiger partial charge is 0.240 e. The van der Waals surface area contributed by atoms with Gasteiger partial charge in [-0.25, -0.2) is 10.4 Å². The predicted octanol–water partition coefficient (Wildman–Crippen LogP) is 3.11. The fourth-order valence-corrected chi connectivity index (χ4v) is 3.27. The molecule has 0 aliphatic carbocycles. The van der Waals surface area contributed by atoms with Crippen molar-refractivity contribution < 1.29 is 9.59 Å². The first-order chi connectivity index (χ1) is 12.1. The van der Waals surface area contributed by atoms with Crippen LogP contribution in [0.25, 0.3) is 10.1 Å². The van der Waals surface area contributed by atoms with Crippen LogP contribution in [-0.2, 0) is 4.79 Å². The number of amides is 1. The third kappa shape index (κ3) is 4.13. The Kier molecular flexibility index (Phi) is 5.25. The number of benzene rings is 1. The van der Waals surface area contributed by atoms with Crippen molar-refractivity contribution in [2.45, 2.75) is 19.8 Å². The van der Waals surface area contributed by atoms with E-state index in [2.05, 4.69) is 20.5 Å². The number of Topliss-reactive ketones (excluding diaryl/α,β-unsaturated/α-hetero) is 1. The molecule has 0 unspecified atom stereocenters. The molecule has 0 fully saturated rings. The van der Waals surface area contributed by atoms with Crippen LogP contribution < -0.4 is 5.43 Å². The molecule has 0 saturated carbocycles. The first-order valence-electron chi connectivity index (χ1n) is 7.74. The maximum Gasteiger partial charge on any atom is 0.240 e. The molecule has 0 aliphatic rings. The third-order valence-corrected chi connectivity index (χ3v) is 4.61. The summed E-state index contributed by atoms with van der Waals surface area (Å²) in [4.78, 5) is 31.9. The van der Waals surface area contributed by atoms with Gasteiger partial charge in [-0.1, -0.05) is 18.2 Å². The Balaban J connectivity index is 1.53. The quantitative estimate of drug-likeness (QED) is 0.420. The average Bonchev–Trinajstić information content (AvgIpc) is 3.03. The Morgan fingerprint density at radius 2 is 2.00 bits per heavy atom. The van der Waals surface area contributed by atoms with Gasteiger partial charge < -0.3 is 0 Å². The highest BCUT2D eigenvalue weighted by Crippen LogP contribution is 2.24. The molecule has 0 aliphatic heterocycles. The van der Waals surface area contributed by atoms with Gasteiger partial charge in [0.1, 0.15) is 5.69 Å². The minimum absolute atomic E-state index is 0.0522. The number of carbonyl (C=O) groups excluding carboxylic acids is 2. The molecule has 0 radical (unpaired) electrons. The third-order valence-electron chi connectivity index (χ3n) is 3.63. The first-order valence-corrected chi connectivity index (χ1v) is 8.62. The second-order valence-corrected chi connectivity index (χ2v) is 6.31. The Morgan fingerprint density at radius 1 is 1.20 bits per heavy atom. The number of carbonyl (C=O) groups is 2. The van der Waals surface area contributed by atoms with Crippen LogP contribution in [0.2, 0.25) is 0 Å². The number of fused-ring (bicyclic) bond motifs is 1. The summed E-state index contributed by atoms with van der Waals surface area (Å²) >= 11 is 1.62. The van der Waals surface area contributed by atoms with Gasteiger partial charge in [0, 0.05) is 46.3 Å². The Labute approximate surface area is 148 Å². The molecule has 2 aromatic heterocycles. The normalized spacial score (nSPS) is 11.1. The Bertz CT molecular complexity index is 949. The molecule has 6 nitrogen and oxygen atoms in total. The van der Waals surface area contributed by atoms with Crippen LogP contribution >= 0.6 is 11.3 Å². The number of ketones is 1. The van der Waals surface area contributed by atoms with Crippen LogP contribution in [0.1, 0.15) is 34.6 Å². The lowest BCUT2D eigenvalue weighted by Crippen LogP contribution is -2.19. The van der Waals surface area contributed by atoms with Crippen molar-refractivity contribution >= 4 is 39.3 Å². The highest BCUT2D eigenvalue weighted by atomic mass is 32.1. The number of hydrazone groups is 1. The molecule has 3 aromatic rings. The molecule has 3 rings (SSSR count). The van der Waals surface area contributed by atoms with E-state index in [0.29, 0.717) is 11.4 Å². The molecule has 0 atom stereocenters. The summed E-state index contributed by atoms with van der Waals surface area (Å²) in [6, 6.07) is 8.00. The number of thiophene rings is 1. The number of rotatable bonds is 6. The van der Waals surface area contributed by atoms with E-state index < -0.39 is 0 Å². The molecule has 0 saturated heterocycles. The molecule has 0 spiro atoms. The van der Waals surface area contributed by atoms with E-state index in [1.807, 2.05) is 29.6 Å². The highest BCUT2D eigenvalue weighted by molar-refractivity contribution is 7.17. The zero-order valence-corrected chi connectivity index (χ0v) is 14.4. The molecule has 2 heterocycles. The van der Waals surface area contributed by atoms with E-state index in [1.165, 1.54) is 17.1 Å². The van der Waals surface area contributed by atoms with E-state index in [1.54, 1.807) is 24.5 Å². The fourth-order valence-electron chi connectivity index (χ4n) is 2.35. The minimum Gasteiger partial charge on any atom is -0.292 e. The summed E-state index contributed by atoms with van der Waals surface area (Å²) in [6.07, 6.45) is 4.74. The summed E-state index contributed by atoms with van der Waals surface area (Å²) in [5.74, 6) is -0.515. The molecule has 1 amide bonds. The van der Waals surface area contributed by atoms with Gasteiger partial charge in [0.2, 0.25) is 5.91 Å². The van der Waals surface area contributed by atoms with Gasteiger partial charge in [0.15, 0.2) is 5.78 Å². The van der Waals surface area contributed by atoms with Gasteiger partial charge in [-0.05, 0) is 13.0 Å². The molecule has 126 valence electrons. The molecule has 25 heavy (non-hydrogen) atoms. The minimum atomic E-state index is -0.314. The number of aryl methyl sites for hydroxylation is 1. The largest absolute Gasteiger partial charge is 0.292 e. The van der Waals surface area contributed by atoms with E-state index >= 15 is 0 Å². The predicted molar refractivity (Wildman–Crippen MR) is 97.9 cm³/mol. The second-order valence-electron chi connectivity index (χ2n) is 5.39. The molecular formula is C18H16N4O2S. The van der Waals surface area contributed by atoms with Gasteiger partial charge in [0.05, 0.1) is 11.9 Å². The summed E-state index contributed by atoms with van der Waals surface area (Å²) in [6.45, 7) is 1.72.